The fraction of sp³-hybridized carbons (Fsp3) is 0. The molecule has 0 aromatic rings. The molecule has 0 spiro atoms. The Kier molecular flexibility index (Phi) is 5.73. The zero-order valence-corrected chi connectivity index (χ0v) is 2.39. The highest BCUT2D eigenvalue weighted by atomic mass is 16.4. The molecule has 5 heavy (non-hydrogen) atoms. The van der Waals surface area contributed by atoms with Crippen LogP contribution in [0.4, 0.5) is 4.79 Å². The molecule has 0 unspecified atom stereocenters. The van der Waals surface area contributed by atoms with Crippen molar-refractivity contribution in [3.05, 3.63) is 0 Å². The second-order valence-corrected chi connectivity index (χ2v) is 0.319. The molecule has 0 saturated carbocycles. The third-order valence-electron chi connectivity index (χ3n) is 0. The van der Waals surface area contributed by atoms with Crippen LogP contribution < -0.4 is 10.8 Å². The molecule has 0 aliphatic carbocycles. The van der Waals surface area contributed by atoms with Crippen LogP contribution in [0.2, 0.25) is 0 Å². The van der Waals surface area contributed by atoms with Gasteiger partial charge in [0.15, 0.2) is 0 Å². The summed E-state index contributed by atoms with van der Waals surface area (Å²) in [6.07, 6.45) is -1.58. The quantitative estimate of drug-likeness (QED) is 0.345. The van der Waals surface area contributed by atoms with Crippen LogP contribution in [0.3, 0.4) is 0 Å². The lowest BCUT2D eigenvalue weighted by Gasteiger charge is -1.78. The van der Waals surface area contributed by atoms with Gasteiger partial charge in [0.25, 0.3) is 0 Å². The number of carboxylic acid groups (broad SMARTS) is 1. The van der Waals surface area contributed by atoms with Crippen molar-refractivity contribution < 1.29 is 15.4 Å². The Morgan fingerprint density at radius 1 is 1.80 bits per heavy atom. The van der Waals surface area contributed by atoms with E-state index in [1.165, 1.54) is 0 Å². The molecule has 0 fully saturated rings. The van der Waals surface area contributed by atoms with Crippen molar-refractivity contribution in [1.29, 1.82) is 0 Å². The molecule has 0 aromatic heterocycles. The number of hydrogen-bond acceptors (Lipinski definition) is 2. The number of rotatable bonds is 0. The van der Waals surface area contributed by atoms with Crippen LogP contribution in [0.25, 0.3) is 0 Å². The Bertz CT molecular complexity index is 29.9. The zero-order valence-electron chi connectivity index (χ0n) is 2.39. The monoisotopic (exact) mass is 78.0 g/mol. The molecule has 4 nitrogen and oxygen atoms in total. The smallest absolute Gasteiger partial charge is 0.131 e. The van der Waals surface area contributed by atoms with Crippen LogP contribution in [0, 0.1) is 0 Å². The Morgan fingerprint density at radius 2 is 1.80 bits per heavy atom. The summed E-state index contributed by atoms with van der Waals surface area (Å²) in [5.41, 5.74) is 3.92. The molecule has 0 rings (SSSR count). The zero-order chi connectivity index (χ0) is 3.58. The molecule has 0 bridgehead atoms. The van der Waals surface area contributed by atoms with Crippen molar-refractivity contribution in [2.45, 2.75) is 0 Å². The third kappa shape index (κ3) is 8.24. The average molecular weight is 78.0 g/mol. The molecule has 0 aromatic carbocycles. The van der Waals surface area contributed by atoms with Crippen molar-refractivity contribution in [2.75, 3.05) is 0 Å². The van der Waals surface area contributed by atoms with E-state index in [4.69, 9.17) is 9.90 Å². The van der Waals surface area contributed by atoms with Gasteiger partial charge in [0.2, 0.25) is 0 Å². The van der Waals surface area contributed by atoms with Gasteiger partial charge >= 0.3 is 0 Å². The number of amides is 1. The van der Waals surface area contributed by atoms with Crippen molar-refractivity contribution in [3.63, 3.8) is 0 Å². The highest BCUT2D eigenvalue weighted by Crippen LogP contribution is 1.23. The maximum atomic E-state index is 8.67. The summed E-state index contributed by atoms with van der Waals surface area (Å²) in [6.45, 7) is 0. The topological polar surface area (TPSA) is 97.7 Å². The summed E-state index contributed by atoms with van der Waals surface area (Å²) in [4.78, 5) is 8.67. The Labute approximate surface area is 28.5 Å². The van der Waals surface area contributed by atoms with E-state index in [0.717, 1.165) is 0 Å². The number of carbonyl (C=O) groups is 1. The summed E-state index contributed by atoms with van der Waals surface area (Å²) in [7, 11) is 0. The molecule has 4 N–H and O–H groups in total. The van der Waals surface area contributed by atoms with Crippen LogP contribution in [-0.4, -0.2) is 11.6 Å². The maximum absolute atomic E-state index is 8.67. The summed E-state index contributed by atoms with van der Waals surface area (Å²) in [5.74, 6) is 0. The first-order valence-corrected chi connectivity index (χ1v) is 0.697. The minimum atomic E-state index is -1.58. The van der Waals surface area contributed by atoms with Gasteiger partial charge in [0, 0.05) is 0 Å². The van der Waals surface area contributed by atoms with E-state index in [1.54, 1.807) is 0 Å². The third-order valence-corrected chi connectivity index (χ3v) is 0. The van der Waals surface area contributed by atoms with Gasteiger partial charge < -0.3 is 21.1 Å². The van der Waals surface area contributed by atoms with E-state index in [0.29, 0.717) is 0 Å². The maximum Gasteiger partial charge on any atom is 0.131 e. The minimum absolute atomic E-state index is 0. The lowest BCUT2D eigenvalue weighted by molar-refractivity contribution is -0.245. The SMILES string of the molecule is NC(=O)[O-].O. The molecule has 0 aliphatic rings. The van der Waals surface area contributed by atoms with Gasteiger partial charge in [-0.15, -0.1) is 0 Å². The van der Waals surface area contributed by atoms with E-state index in [2.05, 4.69) is 5.73 Å². The number of hydrogen-bond donors (Lipinski definition) is 1. The highest BCUT2D eigenvalue weighted by molar-refractivity contribution is 5.58. The van der Waals surface area contributed by atoms with Crippen LogP contribution >= 0.6 is 0 Å². The van der Waals surface area contributed by atoms with Gasteiger partial charge in [-0.2, -0.15) is 0 Å². The molecule has 0 atom stereocenters. The fourth-order valence-electron chi connectivity index (χ4n) is 0. The molecule has 1 amide bonds. The molecule has 4 heteroatoms. The van der Waals surface area contributed by atoms with E-state index in [1.807, 2.05) is 0 Å². The molecule has 0 heterocycles. The Balaban J connectivity index is 0. The van der Waals surface area contributed by atoms with E-state index >= 15 is 0 Å². The van der Waals surface area contributed by atoms with E-state index < -0.39 is 6.09 Å². The molecule has 0 saturated heterocycles. The van der Waals surface area contributed by atoms with Crippen LogP contribution in [0.1, 0.15) is 0 Å². The van der Waals surface area contributed by atoms with Gasteiger partial charge in [0.05, 0.1) is 0 Å². The number of carbonyl (C=O) groups excluding carboxylic acids is 1. The normalized spacial score (nSPS) is 4.80. The molecule has 32 valence electrons. The van der Waals surface area contributed by atoms with E-state index in [9.17, 15) is 0 Å². The van der Waals surface area contributed by atoms with Gasteiger partial charge in [-0.25, -0.2) is 0 Å². The molecular formula is CH4NO3-. The number of primary amides is 1. The minimum Gasteiger partial charge on any atom is -0.530 e. The largest absolute Gasteiger partial charge is 0.530 e. The first kappa shape index (κ1) is 8.87. The van der Waals surface area contributed by atoms with Crippen LogP contribution in [-0.2, 0) is 0 Å². The molecule has 0 aliphatic heterocycles. The molecule has 0 radical (unpaired) electrons. The van der Waals surface area contributed by atoms with Gasteiger partial charge in [-0.3, -0.25) is 0 Å². The van der Waals surface area contributed by atoms with Crippen molar-refractivity contribution >= 4 is 6.09 Å². The number of nitrogens with two attached hydrogens (primary N) is 1. The first-order valence-electron chi connectivity index (χ1n) is 0.697. The standard InChI is InChI=1S/CH3NO2.H2O/c2-1(3)4;/h2H2,(H,3,4);1H2/p-1. The van der Waals surface area contributed by atoms with Crippen molar-refractivity contribution in [2.24, 2.45) is 5.73 Å². The van der Waals surface area contributed by atoms with Gasteiger partial charge in [-0.1, -0.05) is 0 Å². The summed E-state index contributed by atoms with van der Waals surface area (Å²) in [6, 6.07) is 0. The van der Waals surface area contributed by atoms with E-state index in [-0.39, 0.29) is 5.48 Å². The average Bonchev–Trinajstić information content (AvgIpc) is 0.811. The predicted octanol–water partition coefficient (Wildman–Crippen LogP) is -2.54. The first-order chi connectivity index (χ1) is 1.73. The van der Waals surface area contributed by atoms with Crippen molar-refractivity contribution in [3.8, 4) is 0 Å². The second kappa shape index (κ2) is 3.23. The summed E-state index contributed by atoms with van der Waals surface area (Å²) in [5, 5.41) is 8.67. The van der Waals surface area contributed by atoms with Gasteiger partial charge in [0.1, 0.15) is 6.09 Å². The van der Waals surface area contributed by atoms with Crippen LogP contribution in [0.5, 0.6) is 0 Å². The predicted molar refractivity (Wildman–Crippen MR) is 13.2 cm³/mol. The fourth-order valence-corrected chi connectivity index (χ4v) is 0. The van der Waals surface area contributed by atoms with Crippen LogP contribution in [0.15, 0.2) is 0 Å². The summed E-state index contributed by atoms with van der Waals surface area (Å²) < 4.78 is 0. The Morgan fingerprint density at radius 3 is 1.80 bits per heavy atom. The lowest BCUT2D eigenvalue weighted by Crippen LogP contribution is -2.29. The molecular weight excluding hydrogens is 74.0 g/mol. The van der Waals surface area contributed by atoms with Gasteiger partial charge in [-0.05, 0) is 0 Å². The Hall–Kier alpha value is -0.770. The van der Waals surface area contributed by atoms with Crippen molar-refractivity contribution in [1.82, 2.24) is 0 Å². The summed E-state index contributed by atoms with van der Waals surface area (Å²) >= 11 is 0. The highest BCUT2D eigenvalue weighted by Gasteiger charge is 1.44. The second-order valence-electron chi connectivity index (χ2n) is 0.319. The lowest BCUT2D eigenvalue weighted by atomic mass is 11.3.